The minimum absolute atomic E-state index is 0.317. The zero-order valence-corrected chi connectivity index (χ0v) is 10.6. The molecule has 1 heterocycles. The molecule has 1 aromatic carbocycles. The topological polar surface area (TPSA) is 38.2 Å². The average Bonchev–Trinajstić information content (AvgIpc) is 2.78. The number of methoxy groups -OCH3 is 1. The van der Waals surface area contributed by atoms with Crippen molar-refractivity contribution in [2.75, 3.05) is 26.1 Å². The van der Waals surface area contributed by atoms with Gasteiger partial charge in [-0.2, -0.15) is 9.36 Å². The highest BCUT2D eigenvalue weighted by molar-refractivity contribution is 7.09. The molecule has 0 saturated heterocycles. The molecule has 0 aliphatic heterocycles. The minimum atomic E-state index is -0.317. The summed E-state index contributed by atoms with van der Waals surface area (Å²) in [5.74, 6) is 0.881. The van der Waals surface area contributed by atoms with Crippen LogP contribution in [0.4, 0.5) is 10.3 Å². The number of nitrogens with zero attached hydrogens (tertiary/aromatic N) is 3. The minimum Gasteiger partial charge on any atom is -0.496 e. The first-order valence-electron chi connectivity index (χ1n) is 4.96. The van der Waals surface area contributed by atoms with Crippen LogP contribution in [0.15, 0.2) is 18.2 Å². The van der Waals surface area contributed by atoms with Gasteiger partial charge in [0, 0.05) is 14.1 Å². The van der Waals surface area contributed by atoms with Crippen LogP contribution in [0.1, 0.15) is 0 Å². The van der Waals surface area contributed by atoms with Gasteiger partial charge in [-0.25, -0.2) is 4.39 Å². The van der Waals surface area contributed by atoms with Crippen LogP contribution >= 0.6 is 11.5 Å². The van der Waals surface area contributed by atoms with Crippen molar-refractivity contribution in [3.05, 3.63) is 24.0 Å². The molecular formula is C11H12FN3OS. The van der Waals surface area contributed by atoms with Crippen LogP contribution in [-0.4, -0.2) is 30.6 Å². The number of aromatic nitrogens is 2. The first kappa shape index (κ1) is 11.8. The molecule has 0 N–H and O–H groups in total. The fourth-order valence-electron chi connectivity index (χ4n) is 1.35. The van der Waals surface area contributed by atoms with E-state index in [0.717, 1.165) is 0 Å². The van der Waals surface area contributed by atoms with Crippen molar-refractivity contribution in [2.45, 2.75) is 0 Å². The Morgan fingerprint density at radius 3 is 2.71 bits per heavy atom. The third kappa shape index (κ3) is 2.36. The molecule has 0 atom stereocenters. The standard InChI is InChI=1S/C11H12FN3OS/c1-15(2)11-13-10(17-14-11)8-6-7(12)4-5-9(8)16-3/h4-6H,1-3H3. The molecule has 0 saturated carbocycles. The molecule has 0 fully saturated rings. The Kier molecular flexibility index (Phi) is 3.23. The molecule has 0 radical (unpaired) electrons. The largest absolute Gasteiger partial charge is 0.496 e. The lowest BCUT2D eigenvalue weighted by atomic mass is 10.2. The van der Waals surface area contributed by atoms with E-state index in [1.807, 2.05) is 14.1 Å². The van der Waals surface area contributed by atoms with Gasteiger partial charge in [0.1, 0.15) is 16.6 Å². The number of rotatable bonds is 3. The summed E-state index contributed by atoms with van der Waals surface area (Å²) in [5, 5.41) is 0.644. The molecule has 4 nitrogen and oxygen atoms in total. The zero-order chi connectivity index (χ0) is 12.4. The maximum Gasteiger partial charge on any atom is 0.237 e. The predicted molar refractivity (Wildman–Crippen MR) is 66.2 cm³/mol. The molecule has 2 rings (SSSR count). The Morgan fingerprint density at radius 2 is 2.12 bits per heavy atom. The van der Waals surface area contributed by atoms with Gasteiger partial charge in [0.2, 0.25) is 5.95 Å². The number of anilines is 1. The van der Waals surface area contributed by atoms with E-state index in [-0.39, 0.29) is 5.82 Å². The van der Waals surface area contributed by atoms with Crippen molar-refractivity contribution in [3.63, 3.8) is 0 Å². The molecule has 2 aromatic rings. The van der Waals surface area contributed by atoms with Gasteiger partial charge in [0.25, 0.3) is 0 Å². The molecule has 1 aromatic heterocycles. The second kappa shape index (κ2) is 4.67. The van der Waals surface area contributed by atoms with E-state index in [1.54, 1.807) is 18.1 Å². The Labute approximate surface area is 103 Å². The van der Waals surface area contributed by atoms with Gasteiger partial charge < -0.3 is 9.64 Å². The highest BCUT2D eigenvalue weighted by Crippen LogP contribution is 2.32. The van der Waals surface area contributed by atoms with Crippen LogP contribution in [0.2, 0.25) is 0 Å². The second-order valence-corrected chi connectivity index (χ2v) is 4.39. The van der Waals surface area contributed by atoms with Gasteiger partial charge in [-0.05, 0) is 29.7 Å². The van der Waals surface area contributed by atoms with E-state index >= 15 is 0 Å². The van der Waals surface area contributed by atoms with Crippen molar-refractivity contribution < 1.29 is 9.13 Å². The van der Waals surface area contributed by atoms with Crippen LogP contribution in [0.3, 0.4) is 0 Å². The fraction of sp³-hybridized carbons (Fsp3) is 0.273. The highest BCUT2D eigenvalue weighted by Gasteiger charge is 2.13. The SMILES string of the molecule is COc1ccc(F)cc1-c1nc(N(C)C)ns1. The van der Waals surface area contributed by atoms with Crippen molar-refractivity contribution in [3.8, 4) is 16.3 Å². The van der Waals surface area contributed by atoms with Crippen LogP contribution in [0.5, 0.6) is 5.75 Å². The van der Waals surface area contributed by atoms with E-state index < -0.39 is 0 Å². The number of halogens is 1. The second-order valence-electron chi connectivity index (χ2n) is 3.64. The summed E-state index contributed by atoms with van der Waals surface area (Å²) in [6.07, 6.45) is 0. The molecule has 0 aliphatic carbocycles. The summed E-state index contributed by atoms with van der Waals surface area (Å²) in [4.78, 5) is 6.11. The summed E-state index contributed by atoms with van der Waals surface area (Å²) in [5.41, 5.74) is 0.623. The number of hydrogen-bond acceptors (Lipinski definition) is 5. The van der Waals surface area contributed by atoms with E-state index in [4.69, 9.17) is 4.74 Å². The van der Waals surface area contributed by atoms with Gasteiger partial charge >= 0.3 is 0 Å². The maximum atomic E-state index is 13.2. The van der Waals surface area contributed by atoms with Gasteiger partial charge in [-0.1, -0.05) is 0 Å². The third-order valence-corrected chi connectivity index (χ3v) is 2.95. The van der Waals surface area contributed by atoms with Crippen LogP contribution < -0.4 is 9.64 Å². The first-order valence-corrected chi connectivity index (χ1v) is 5.74. The van der Waals surface area contributed by atoms with Crippen LogP contribution in [-0.2, 0) is 0 Å². The number of hydrogen-bond donors (Lipinski definition) is 0. The molecular weight excluding hydrogens is 241 g/mol. The first-order chi connectivity index (χ1) is 8.11. The summed E-state index contributed by atoms with van der Waals surface area (Å²) in [6, 6.07) is 4.34. The lowest BCUT2D eigenvalue weighted by molar-refractivity contribution is 0.415. The highest BCUT2D eigenvalue weighted by atomic mass is 32.1. The van der Waals surface area contributed by atoms with Crippen LogP contribution in [0, 0.1) is 5.82 Å². The molecule has 0 unspecified atom stereocenters. The van der Waals surface area contributed by atoms with E-state index in [9.17, 15) is 4.39 Å². The number of benzene rings is 1. The van der Waals surface area contributed by atoms with Crippen molar-refractivity contribution in [1.29, 1.82) is 0 Å². The fourth-order valence-corrected chi connectivity index (χ4v) is 2.11. The van der Waals surface area contributed by atoms with Gasteiger partial charge in [-0.15, -0.1) is 0 Å². The average molecular weight is 253 g/mol. The van der Waals surface area contributed by atoms with E-state index in [1.165, 1.54) is 23.7 Å². The lowest BCUT2D eigenvalue weighted by Gasteiger charge is -2.06. The van der Waals surface area contributed by atoms with Crippen molar-refractivity contribution in [1.82, 2.24) is 9.36 Å². The molecule has 17 heavy (non-hydrogen) atoms. The quantitative estimate of drug-likeness (QED) is 0.842. The molecule has 90 valence electrons. The number of ether oxygens (including phenoxy) is 1. The molecule has 0 amide bonds. The van der Waals surface area contributed by atoms with Gasteiger partial charge in [0.15, 0.2) is 0 Å². The lowest BCUT2D eigenvalue weighted by Crippen LogP contribution is -2.09. The summed E-state index contributed by atoms with van der Waals surface area (Å²) in [6.45, 7) is 0. The van der Waals surface area contributed by atoms with Crippen molar-refractivity contribution in [2.24, 2.45) is 0 Å². The van der Waals surface area contributed by atoms with Gasteiger partial charge in [-0.3, -0.25) is 0 Å². The Hall–Kier alpha value is -1.69. The van der Waals surface area contributed by atoms with Gasteiger partial charge in [0.05, 0.1) is 12.7 Å². The Bertz CT molecular complexity index is 527. The molecule has 0 aliphatic rings. The van der Waals surface area contributed by atoms with E-state index in [0.29, 0.717) is 22.3 Å². The molecule has 0 bridgehead atoms. The summed E-state index contributed by atoms with van der Waals surface area (Å²) >= 11 is 1.22. The van der Waals surface area contributed by atoms with Crippen molar-refractivity contribution >= 4 is 17.5 Å². The predicted octanol–water partition coefficient (Wildman–Crippen LogP) is 2.42. The monoisotopic (exact) mass is 253 g/mol. The normalized spacial score (nSPS) is 10.4. The summed E-state index contributed by atoms with van der Waals surface area (Å²) in [7, 11) is 5.26. The molecule has 0 spiro atoms. The van der Waals surface area contributed by atoms with E-state index in [2.05, 4.69) is 9.36 Å². The third-order valence-electron chi connectivity index (χ3n) is 2.21. The smallest absolute Gasteiger partial charge is 0.237 e. The summed E-state index contributed by atoms with van der Waals surface area (Å²) < 4.78 is 22.6. The Balaban J connectivity index is 2.47. The Morgan fingerprint density at radius 1 is 1.35 bits per heavy atom. The molecule has 6 heteroatoms. The van der Waals surface area contributed by atoms with Crippen LogP contribution in [0.25, 0.3) is 10.6 Å². The maximum absolute atomic E-state index is 13.2. The zero-order valence-electron chi connectivity index (χ0n) is 9.77.